The minimum atomic E-state index is 0.243. The highest BCUT2D eigenvalue weighted by Gasteiger charge is 2.15. The monoisotopic (exact) mass is 253 g/mol. The Morgan fingerprint density at radius 1 is 1.26 bits per heavy atom. The SMILES string of the molecule is CC(C)n1nc(-c2cccc(N)c2)c2cncnc21. The topological polar surface area (TPSA) is 69.6 Å². The molecular weight excluding hydrogens is 238 g/mol. The first-order chi connectivity index (χ1) is 9.16. The second-order valence-corrected chi connectivity index (χ2v) is 4.77. The Bertz CT molecular complexity index is 730. The molecule has 0 saturated heterocycles. The Hall–Kier alpha value is -2.43. The van der Waals surface area contributed by atoms with Crippen LogP contribution in [0.15, 0.2) is 36.8 Å². The zero-order valence-corrected chi connectivity index (χ0v) is 10.9. The number of anilines is 1. The quantitative estimate of drug-likeness (QED) is 0.713. The maximum atomic E-state index is 5.84. The molecule has 5 heteroatoms. The van der Waals surface area contributed by atoms with Crippen molar-refractivity contribution in [2.24, 2.45) is 0 Å². The van der Waals surface area contributed by atoms with Gasteiger partial charge >= 0.3 is 0 Å². The van der Waals surface area contributed by atoms with Gasteiger partial charge in [0.2, 0.25) is 0 Å². The number of nitrogen functional groups attached to an aromatic ring is 1. The maximum Gasteiger partial charge on any atom is 0.162 e. The molecule has 0 fully saturated rings. The molecule has 0 atom stereocenters. The van der Waals surface area contributed by atoms with Crippen molar-refractivity contribution in [1.29, 1.82) is 0 Å². The minimum absolute atomic E-state index is 0.243. The number of benzene rings is 1. The van der Waals surface area contributed by atoms with E-state index in [0.29, 0.717) is 0 Å². The number of hydrogen-bond acceptors (Lipinski definition) is 4. The summed E-state index contributed by atoms with van der Waals surface area (Å²) in [6.45, 7) is 4.16. The molecule has 96 valence electrons. The smallest absolute Gasteiger partial charge is 0.162 e. The summed E-state index contributed by atoms with van der Waals surface area (Å²) in [4.78, 5) is 8.43. The number of aromatic nitrogens is 4. The van der Waals surface area contributed by atoms with Crippen LogP contribution >= 0.6 is 0 Å². The van der Waals surface area contributed by atoms with Crippen LogP contribution in [0.2, 0.25) is 0 Å². The highest BCUT2D eigenvalue weighted by atomic mass is 15.3. The molecule has 0 saturated carbocycles. The van der Waals surface area contributed by atoms with Crippen LogP contribution < -0.4 is 5.73 Å². The van der Waals surface area contributed by atoms with Gasteiger partial charge in [0, 0.05) is 23.5 Å². The largest absolute Gasteiger partial charge is 0.399 e. The highest BCUT2D eigenvalue weighted by Crippen LogP contribution is 2.28. The normalized spacial score (nSPS) is 11.3. The van der Waals surface area contributed by atoms with E-state index in [-0.39, 0.29) is 6.04 Å². The van der Waals surface area contributed by atoms with Gasteiger partial charge in [-0.05, 0) is 26.0 Å². The Labute approximate surface area is 111 Å². The van der Waals surface area contributed by atoms with Gasteiger partial charge < -0.3 is 5.73 Å². The van der Waals surface area contributed by atoms with Gasteiger partial charge in [0.1, 0.15) is 12.0 Å². The summed E-state index contributed by atoms with van der Waals surface area (Å²) >= 11 is 0. The molecule has 3 aromatic rings. The fourth-order valence-electron chi connectivity index (χ4n) is 2.14. The first-order valence-corrected chi connectivity index (χ1v) is 6.21. The lowest BCUT2D eigenvalue weighted by Crippen LogP contribution is -2.03. The first kappa shape index (κ1) is 11.6. The summed E-state index contributed by atoms with van der Waals surface area (Å²) in [5.74, 6) is 0. The van der Waals surface area contributed by atoms with Crippen LogP contribution in [0.5, 0.6) is 0 Å². The van der Waals surface area contributed by atoms with E-state index in [2.05, 4.69) is 28.9 Å². The van der Waals surface area contributed by atoms with Gasteiger partial charge in [-0.25, -0.2) is 14.6 Å². The fourth-order valence-corrected chi connectivity index (χ4v) is 2.14. The van der Waals surface area contributed by atoms with Crippen molar-refractivity contribution in [3.05, 3.63) is 36.8 Å². The van der Waals surface area contributed by atoms with E-state index in [1.807, 2.05) is 28.9 Å². The van der Waals surface area contributed by atoms with Gasteiger partial charge in [-0.3, -0.25) is 0 Å². The lowest BCUT2D eigenvalue weighted by molar-refractivity contribution is 0.548. The average Bonchev–Trinajstić information content (AvgIpc) is 2.78. The molecule has 2 heterocycles. The van der Waals surface area contributed by atoms with Crippen molar-refractivity contribution in [1.82, 2.24) is 19.7 Å². The molecule has 2 N–H and O–H groups in total. The van der Waals surface area contributed by atoms with Crippen molar-refractivity contribution in [3.8, 4) is 11.3 Å². The molecule has 0 aliphatic heterocycles. The van der Waals surface area contributed by atoms with Crippen molar-refractivity contribution < 1.29 is 0 Å². The summed E-state index contributed by atoms with van der Waals surface area (Å²) in [7, 11) is 0. The minimum Gasteiger partial charge on any atom is -0.399 e. The lowest BCUT2D eigenvalue weighted by atomic mass is 10.1. The van der Waals surface area contributed by atoms with E-state index in [0.717, 1.165) is 28.0 Å². The number of hydrogen-bond donors (Lipinski definition) is 1. The number of nitrogens with zero attached hydrogens (tertiary/aromatic N) is 4. The molecule has 0 amide bonds. The Balaban J connectivity index is 2.30. The Morgan fingerprint density at radius 3 is 2.84 bits per heavy atom. The third-order valence-electron chi connectivity index (χ3n) is 3.02. The van der Waals surface area contributed by atoms with Crippen LogP contribution in [0.1, 0.15) is 19.9 Å². The molecule has 19 heavy (non-hydrogen) atoms. The molecule has 0 spiro atoms. The van der Waals surface area contributed by atoms with Crippen LogP contribution in [0, 0.1) is 0 Å². The van der Waals surface area contributed by atoms with Crippen molar-refractivity contribution in [2.75, 3.05) is 5.73 Å². The lowest BCUT2D eigenvalue weighted by Gasteiger charge is -2.05. The predicted octanol–water partition coefficient (Wildman–Crippen LogP) is 2.66. The Kier molecular flexibility index (Phi) is 2.67. The molecular formula is C14H15N5. The maximum absolute atomic E-state index is 5.84. The van der Waals surface area contributed by atoms with Crippen molar-refractivity contribution in [3.63, 3.8) is 0 Å². The summed E-state index contributed by atoms with van der Waals surface area (Å²) in [6, 6.07) is 7.94. The van der Waals surface area contributed by atoms with Crippen molar-refractivity contribution in [2.45, 2.75) is 19.9 Å². The van der Waals surface area contributed by atoms with E-state index in [1.54, 1.807) is 12.5 Å². The number of rotatable bonds is 2. The van der Waals surface area contributed by atoms with E-state index < -0.39 is 0 Å². The summed E-state index contributed by atoms with van der Waals surface area (Å²) in [5.41, 5.74) is 9.27. The van der Waals surface area contributed by atoms with Gasteiger partial charge in [-0.2, -0.15) is 5.10 Å². The second-order valence-electron chi connectivity index (χ2n) is 4.77. The van der Waals surface area contributed by atoms with Crippen LogP contribution in [0.25, 0.3) is 22.3 Å². The van der Waals surface area contributed by atoms with E-state index in [4.69, 9.17) is 5.73 Å². The van der Waals surface area contributed by atoms with Gasteiger partial charge in [0.25, 0.3) is 0 Å². The zero-order valence-electron chi connectivity index (χ0n) is 10.9. The standard InChI is InChI=1S/C14H15N5/c1-9(2)19-14-12(7-16-8-17-14)13(18-19)10-4-3-5-11(15)6-10/h3-9H,15H2,1-2H3. The van der Waals surface area contributed by atoms with Gasteiger partial charge in [0.15, 0.2) is 5.65 Å². The second kappa shape index (κ2) is 4.35. The molecule has 5 nitrogen and oxygen atoms in total. The van der Waals surface area contributed by atoms with Gasteiger partial charge in [-0.1, -0.05) is 12.1 Å². The third kappa shape index (κ3) is 1.93. The molecule has 0 aliphatic carbocycles. The fraction of sp³-hybridized carbons (Fsp3) is 0.214. The molecule has 2 aromatic heterocycles. The number of nitrogens with two attached hydrogens (primary N) is 1. The molecule has 0 radical (unpaired) electrons. The van der Waals surface area contributed by atoms with Gasteiger partial charge in [0.05, 0.1) is 5.39 Å². The zero-order chi connectivity index (χ0) is 13.4. The molecule has 0 bridgehead atoms. The summed E-state index contributed by atoms with van der Waals surface area (Å²) in [6.07, 6.45) is 3.35. The molecule has 0 aliphatic rings. The van der Waals surface area contributed by atoms with E-state index in [1.165, 1.54) is 0 Å². The Morgan fingerprint density at radius 2 is 2.11 bits per heavy atom. The first-order valence-electron chi connectivity index (χ1n) is 6.21. The highest BCUT2D eigenvalue weighted by molar-refractivity contribution is 5.91. The van der Waals surface area contributed by atoms with Crippen LogP contribution in [-0.4, -0.2) is 19.7 Å². The molecule has 0 unspecified atom stereocenters. The summed E-state index contributed by atoms with van der Waals surface area (Å²) < 4.78 is 1.91. The van der Waals surface area contributed by atoms with Crippen molar-refractivity contribution >= 4 is 16.7 Å². The average molecular weight is 253 g/mol. The van der Waals surface area contributed by atoms with E-state index in [9.17, 15) is 0 Å². The van der Waals surface area contributed by atoms with Crippen LogP contribution in [0.3, 0.4) is 0 Å². The van der Waals surface area contributed by atoms with Gasteiger partial charge in [-0.15, -0.1) is 0 Å². The summed E-state index contributed by atoms with van der Waals surface area (Å²) in [5, 5.41) is 5.60. The molecule has 3 rings (SSSR count). The molecule has 1 aromatic carbocycles. The predicted molar refractivity (Wildman–Crippen MR) is 75.6 cm³/mol. The third-order valence-corrected chi connectivity index (χ3v) is 3.02. The van der Waals surface area contributed by atoms with Crippen LogP contribution in [-0.2, 0) is 0 Å². The van der Waals surface area contributed by atoms with E-state index >= 15 is 0 Å². The van der Waals surface area contributed by atoms with Crippen LogP contribution in [0.4, 0.5) is 5.69 Å². The number of fused-ring (bicyclic) bond motifs is 1.